The van der Waals surface area contributed by atoms with Crippen LogP contribution in [0.5, 0.6) is 0 Å². The fraction of sp³-hybridized carbons (Fsp3) is 0.462. The molecule has 2 rings (SSSR count). The van der Waals surface area contributed by atoms with E-state index >= 15 is 0 Å². The predicted molar refractivity (Wildman–Crippen MR) is 57.2 cm³/mol. The topological polar surface area (TPSA) is 23.8 Å². The van der Waals surface area contributed by atoms with E-state index in [9.17, 15) is 8.78 Å². The summed E-state index contributed by atoms with van der Waals surface area (Å²) >= 11 is 0. The first-order chi connectivity index (χ1) is 7.48. The molecule has 0 heterocycles. The van der Waals surface area contributed by atoms with Gasteiger partial charge in [0.2, 0.25) is 0 Å². The lowest BCUT2D eigenvalue weighted by Gasteiger charge is -2.36. The van der Waals surface area contributed by atoms with E-state index in [0.29, 0.717) is 0 Å². The van der Waals surface area contributed by atoms with Crippen LogP contribution in [0.2, 0.25) is 0 Å². The lowest BCUT2D eigenvalue weighted by Crippen LogP contribution is -2.32. The lowest BCUT2D eigenvalue weighted by molar-refractivity contribution is 0.0173. The van der Waals surface area contributed by atoms with Crippen molar-refractivity contribution in [1.29, 1.82) is 5.26 Å². The van der Waals surface area contributed by atoms with Gasteiger partial charge >= 0.3 is 0 Å². The summed E-state index contributed by atoms with van der Waals surface area (Å²) in [5.74, 6) is -2.84. The number of benzene rings is 1. The van der Waals surface area contributed by atoms with Crippen LogP contribution >= 0.6 is 0 Å². The zero-order chi connectivity index (χ0) is 11.8. The molecule has 1 aliphatic carbocycles. The number of alkyl halides is 2. The van der Waals surface area contributed by atoms with E-state index in [1.54, 1.807) is 12.1 Å². The molecule has 1 saturated carbocycles. The van der Waals surface area contributed by atoms with Gasteiger partial charge in [0.1, 0.15) is 0 Å². The van der Waals surface area contributed by atoms with Gasteiger partial charge in [0.25, 0.3) is 5.92 Å². The first kappa shape index (κ1) is 11.1. The summed E-state index contributed by atoms with van der Waals surface area (Å²) < 4.78 is 26.3. The summed E-state index contributed by atoms with van der Waals surface area (Å²) in [5.41, 5.74) is 0.216. The van der Waals surface area contributed by atoms with Gasteiger partial charge in [-0.15, -0.1) is 0 Å². The summed E-state index contributed by atoms with van der Waals surface area (Å²) in [5, 5.41) is 9.15. The van der Waals surface area contributed by atoms with E-state index in [2.05, 4.69) is 6.07 Å². The Morgan fingerprint density at radius 3 is 2.50 bits per heavy atom. The van der Waals surface area contributed by atoms with Crippen LogP contribution in [0.4, 0.5) is 8.78 Å². The Kier molecular flexibility index (Phi) is 2.46. The van der Waals surface area contributed by atoms with Crippen LogP contribution in [0.3, 0.4) is 0 Å². The lowest BCUT2D eigenvalue weighted by atomic mass is 9.65. The first-order valence-electron chi connectivity index (χ1n) is 5.38. The van der Waals surface area contributed by atoms with Gasteiger partial charge in [-0.05, 0) is 30.9 Å². The molecule has 1 aromatic carbocycles. The molecule has 0 saturated heterocycles. The minimum Gasteiger partial charge on any atom is -0.202 e. The van der Waals surface area contributed by atoms with E-state index in [1.165, 1.54) is 12.1 Å². The Hall–Kier alpha value is -1.43. The monoisotopic (exact) mass is 221 g/mol. The standard InChI is InChI=1S/C13H13F2N/c1-12(14,15)10-4-2-5-11(8-10)13(9-16)6-3-7-13/h2,4-5,8H,3,6-7H2,1H3. The minimum absolute atomic E-state index is 0.00785. The van der Waals surface area contributed by atoms with Crippen LogP contribution in [-0.4, -0.2) is 0 Å². The molecular formula is C13H13F2N. The summed E-state index contributed by atoms with van der Waals surface area (Å²) in [6.45, 7) is 0.881. The number of nitriles is 1. The van der Waals surface area contributed by atoms with Gasteiger partial charge in [0.05, 0.1) is 11.5 Å². The van der Waals surface area contributed by atoms with Crippen molar-refractivity contribution < 1.29 is 8.78 Å². The van der Waals surface area contributed by atoms with E-state index in [1.807, 2.05) is 0 Å². The Morgan fingerprint density at radius 2 is 2.06 bits per heavy atom. The fourth-order valence-corrected chi connectivity index (χ4v) is 2.09. The number of hydrogen-bond donors (Lipinski definition) is 0. The van der Waals surface area contributed by atoms with Crippen molar-refractivity contribution in [3.05, 3.63) is 35.4 Å². The highest BCUT2D eigenvalue weighted by molar-refractivity contribution is 5.38. The van der Waals surface area contributed by atoms with Gasteiger partial charge in [0, 0.05) is 12.5 Å². The van der Waals surface area contributed by atoms with Gasteiger partial charge in [-0.2, -0.15) is 5.26 Å². The molecule has 1 aromatic rings. The Morgan fingerprint density at radius 1 is 1.38 bits per heavy atom. The molecule has 84 valence electrons. The molecule has 1 nitrogen and oxygen atoms in total. The van der Waals surface area contributed by atoms with Crippen molar-refractivity contribution in [1.82, 2.24) is 0 Å². The van der Waals surface area contributed by atoms with E-state index in [-0.39, 0.29) is 5.56 Å². The van der Waals surface area contributed by atoms with Crippen molar-refractivity contribution in [3.8, 4) is 6.07 Å². The maximum Gasteiger partial charge on any atom is 0.270 e. The summed E-state index contributed by atoms with van der Waals surface area (Å²) in [6, 6.07) is 8.54. The highest BCUT2D eigenvalue weighted by Gasteiger charge is 2.39. The fourth-order valence-electron chi connectivity index (χ4n) is 2.09. The van der Waals surface area contributed by atoms with Crippen LogP contribution in [0, 0.1) is 11.3 Å². The molecular weight excluding hydrogens is 208 g/mol. The number of nitrogens with zero attached hydrogens (tertiary/aromatic N) is 1. The molecule has 0 bridgehead atoms. The SMILES string of the molecule is CC(F)(F)c1cccc(C2(C#N)CCC2)c1. The molecule has 1 aliphatic rings. The average molecular weight is 221 g/mol. The molecule has 0 unspecified atom stereocenters. The normalized spacial score (nSPS) is 18.6. The highest BCUT2D eigenvalue weighted by Crippen LogP contribution is 2.44. The molecule has 0 atom stereocenters. The number of hydrogen-bond acceptors (Lipinski definition) is 1. The van der Waals surface area contributed by atoms with Gasteiger partial charge < -0.3 is 0 Å². The van der Waals surface area contributed by atoms with Crippen LogP contribution < -0.4 is 0 Å². The van der Waals surface area contributed by atoms with Crippen molar-refractivity contribution in [3.63, 3.8) is 0 Å². The van der Waals surface area contributed by atoms with Gasteiger partial charge in [-0.1, -0.05) is 18.2 Å². The minimum atomic E-state index is -2.84. The molecule has 3 heteroatoms. The van der Waals surface area contributed by atoms with Crippen molar-refractivity contribution in [2.45, 2.75) is 37.5 Å². The second-order valence-electron chi connectivity index (χ2n) is 4.52. The van der Waals surface area contributed by atoms with Gasteiger partial charge in [0.15, 0.2) is 0 Å². The average Bonchev–Trinajstić information content (AvgIpc) is 2.16. The van der Waals surface area contributed by atoms with E-state index < -0.39 is 11.3 Å². The predicted octanol–water partition coefficient (Wildman–Crippen LogP) is 3.74. The van der Waals surface area contributed by atoms with Crippen LogP contribution in [0.1, 0.15) is 37.3 Å². The molecule has 0 aliphatic heterocycles. The first-order valence-corrected chi connectivity index (χ1v) is 5.38. The Labute approximate surface area is 93.7 Å². The molecule has 0 N–H and O–H groups in total. The van der Waals surface area contributed by atoms with Gasteiger partial charge in [-0.25, -0.2) is 8.78 Å². The molecule has 16 heavy (non-hydrogen) atoms. The molecule has 1 fully saturated rings. The zero-order valence-electron chi connectivity index (χ0n) is 9.13. The second kappa shape index (κ2) is 3.55. The number of rotatable bonds is 2. The third kappa shape index (κ3) is 1.69. The van der Waals surface area contributed by atoms with Crippen molar-refractivity contribution in [2.75, 3.05) is 0 Å². The van der Waals surface area contributed by atoms with Crippen LogP contribution in [-0.2, 0) is 11.3 Å². The maximum absolute atomic E-state index is 13.2. The zero-order valence-corrected chi connectivity index (χ0v) is 9.13. The maximum atomic E-state index is 13.2. The van der Waals surface area contributed by atoms with E-state index in [0.717, 1.165) is 31.7 Å². The Balaban J connectivity index is 2.41. The summed E-state index contributed by atoms with van der Waals surface area (Å²) in [6.07, 6.45) is 2.56. The smallest absolute Gasteiger partial charge is 0.202 e. The van der Waals surface area contributed by atoms with Crippen LogP contribution in [0.25, 0.3) is 0 Å². The second-order valence-corrected chi connectivity index (χ2v) is 4.52. The van der Waals surface area contributed by atoms with E-state index in [4.69, 9.17) is 5.26 Å². The molecule has 0 amide bonds. The van der Waals surface area contributed by atoms with Crippen molar-refractivity contribution >= 4 is 0 Å². The summed E-state index contributed by atoms with van der Waals surface area (Å²) in [7, 11) is 0. The molecule has 0 aromatic heterocycles. The molecule has 0 spiro atoms. The molecule has 0 radical (unpaired) electrons. The Bertz CT molecular complexity index is 436. The van der Waals surface area contributed by atoms with Crippen LogP contribution in [0.15, 0.2) is 24.3 Å². The highest BCUT2D eigenvalue weighted by atomic mass is 19.3. The third-order valence-electron chi connectivity index (χ3n) is 3.34. The largest absolute Gasteiger partial charge is 0.270 e. The van der Waals surface area contributed by atoms with Crippen molar-refractivity contribution in [2.24, 2.45) is 0 Å². The quantitative estimate of drug-likeness (QED) is 0.746. The summed E-state index contributed by atoms with van der Waals surface area (Å²) in [4.78, 5) is 0. The number of halogens is 2. The third-order valence-corrected chi connectivity index (χ3v) is 3.34. The van der Waals surface area contributed by atoms with Gasteiger partial charge in [-0.3, -0.25) is 0 Å².